The van der Waals surface area contributed by atoms with Gasteiger partial charge in [-0.25, -0.2) is 4.68 Å². The molecular weight excluding hydrogens is 240 g/mol. The third-order valence-electron chi connectivity index (χ3n) is 4.43. The number of rotatable bonds is 4. The first-order chi connectivity index (χ1) is 8.99. The van der Waals surface area contributed by atoms with Crippen LogP contribution in [0.25, 0.3) is 0 Å². The summed E-state index contributed by atoms with van der Waals surface area (Å²) in [4.78, 5) is 2.49. The van der Waals surface area contributed by atoms with Crippen molar-refractivity contribution in [2.75, 3.05) is 27.2 Å². The van der Waals surface area contributed by atoms with Gasteiger partial charge in [0.1, 0.15) is 0 Å². The molecule has 2 heterocycles. The first kappa shape index (κ1) is 14.3. The van der Waals surface area contributed by atoms with Gasteiger partial charge in [0.15, 0.2) is 0 Å². The van der Waals surface area contributed by atoms with Crippen molar-refractivity contribution in [3.63, 3.8) is 0 Å². The molecule has 0 radical (unpaired) electrons. The average Bonchev–Trinajstić information content (AvgIpc) is 2.66. The molecule has 0 amide bonds. The Labute approximate surface area is 115 Å². The number of nitrogens with zero attached hydrogens (tertiary/aromatic N) is 3. The van der Waals surface area contributed by atoms with E-state index in [1.165, 1.54) is 18.4 Å². The van der Waals surface area contributed by atoms with Gasteiger partial charge in [-0.05, 0) is 33.7 Å². The van der Waals surface area contributed by atoms with Crippen LogP contribution in [0, 0.1) is 6.92 Å². The van der Waals surface area contributed by atoms with E-state index >= 15 is 0 Å². The van der Waals surface area contributed by atoms with Crippen molar-refractivity contribution in [3.8, 4) is 5.88 Å². The second-order valence-corrected chi connectivity index (χ2v) is 5.78. The van der Waals surface area contributed by atoms with Crippen LogP contribution in [-0.4, -0.2) is 47.5 Å². The van der Waals surface area contributed by atoms with Crippen molar-refractivity contribution >= 4 is 0 Å². The minimum atomic E-state index is 0.296. The summed E-state index contributed by atoms with van der Waals surface area (Å²) >= 11 is 0. The molecule has 0 spiro atoms. The molecule has 1 saturated heterocycles. The maximum Gasteiger partial charge on any atom is 0.216 e. The van der Waals surface area contributed by atoms with Crippen molar-refractivity contribution in [1.29, 1.82) is 0 Å². The summed E-state index contributed by atoms with van der Waals surface area (Å²) in [7, 11) is 5.71. The zero-order valence-corrected chi connectivity index (χ0v) is 12.8. The van der Waals surface area contributed by atoms with Gasteiger partial charge in [0, 0.05) is 32.2 Å². The number of hydrogen-bond acceptors (Lipinski definition) is 4. The second kappa shape index (κ2) is 5.51. The SMILES string of the molecule is CNC1(C)CCN(Cc2c(C)nn(C)c2OC)CC1. The van der Waals surface area contributed by atoms with E-state index in [0.29, 0.717) is 5.54 Å². The number of hydrogen-bond donors (Lipinski definition) is 1. The van der Waals surface area contributed by atoms with E-state index in [1.54, 1.807) is 7.11 Å². The Kier molecular flexibility index (Phi) is 4.16. The third-order valence-corrected chi connectivity index (χ3v) is 4.43. The normalized spacial score (nSPS) is 19.6. The van der Waals surface area contributed by atoms with Crippen molar-refractivity contribution in [2.45, 2.75) is 38.8 Å². The highest BCUT2D eigenvalue weighted by Crippen LogP contribution is 2.26. The van der Waals surface area contributed by atoms with Crippen molar-refractivity contribution < 1.29 is 4.74 Å². The van der Waals surface area contributed by atoms with Crippen LogP contribution in [0.15, 0.2) is 0 Å². The predicted molar refractivity (Wildman–Crippen MR) is 76.5 cm³/mol. The highest BCUT2D eigenvalue weighted by molar-refractivity contribution is 5.30. The predicted octanol–water partition coefficient (Wildman–Crippen LogP) is 1.31. The van der Waals surface area contributed by atoms with Gasteiger partial charge in [-0.2, -0.15) is 5.10 Å². The van der Waals surface area contributed by atoms with E-state index in [9.17, 15) is 0 Å². The van der Waals surface area contributed by atoms with Gasteiger partial charge in [-0.15, -0.1) is 0 Å². The fourth-order valence-electron chi connectivity index (χ4n) is 2.80. The summed E-state index contributed by atoms with van der Waals surface area (Å²) in [5, 5.41) is 7.88. The van der Waals surface area contributed by atoms with E-state index in [2.05, 4.69) is 36.2 Å². The topological polar surface area (TPSA) is 42.3 Å². The molecule has 1 aromatic rings. The number of ether oxygens (including phenoxy) is 1. The largest absolute Gasteiger partial charge is 0.481 e. The molecule has 1 aliphatic rings. The van der Waals surface area contributed by atoms with E-state index < -0.39 is 0 Å². The first-order valence-corrected chi connectivity index (χ1v) is 6.97. The molecule has 1 fully saturated rings. The fourth-order valence-corrected chi connectivity index (χ4v) is 2.80. The van der Waals surface area contributed by atoms with Crippen LogP contribution in [0.5, 0.6) is 5.88 Å². The van der Waals surface area contributed by atoms with Gasteiger partial charge >= 0.3 is 0 Å². The van der Waals surface area contributed by atoms with Gasteiger partial charge in [0.2, 0.25) is 5.88 Å². The van der Waals surface area contributed by atoms with E-state index in [1.807, 2.05) is 11.7 Å². The minimum Gasteiger partial charge on any atom is -0.481 e. The summed E-state index contributed by atoms with van der Waals surface area (Å²) in [5.74, 6) is 0.888. The molecule has 1 aromatic heterocycles. The van der Waals surface area contributed by atoms with Crippen molar-refractivity contribution in [3.05, 3.63) is 11.3 Å². The molecule has 0 atom stereocenters. The molecule has 2 rings (SSSR count). The van der Waals surface area contributed by atoms with Gasteiger partial charge in [0.25, 0.3) is 0 Å². The number of nitrogens with one attached hydrogen (secondary N) is 1. The molecule has 0 aliphatic carbocycles. The lowest BCUT2D eigenvalue weighted by molar-refractivity contribution is 0.145. The summed E-state index contributed by atoms with van der Waals surface area (Å²) in [6.45, 7) is 7.53. The summed E-state index contributed by atoms with van der Waals surface area (Å²) < 4.78 is 7.29. The Morgan fingerprint density at radius 2 is 2.00 bits per heavy atom. The Bertz CT molecular complexity index is 433. The van der Waals surface area contributed by atoms with Crippen LogP contribution in [-0.2, 0) is 13.6 Å². The lowest BCUT2D eigenvalue weighted by Gasteiger charge is -2.39. The lowest BCUT2D eigenvalue weighted by Crippen LogP contribution is -2.49. The zero-order chi connectivity index (χ0) is 14.0. The minimum absolute atomic E-state index is 0.296. The lowest BCUT2D eigenvalue weighted by atomic mass is 9.90. The van der Waals surface area contributed by atoms with E-state index in [4.69, 9.17) is 4.74 Å². The molecule has 0 saturated carbocycles. The van der Waals surface area contributed by atoms with Crippen LogP contribution in [0.1, 0.15) is 31.0 Å². The number of methoxy groups -OCH3 is 1. The molecular formula is C14H26N4O. The molecule has 108 valence electrons. The zero-order valence-electron chi connectivity index (χ0n) is 12.8. The van der Waals surface area contributed by atoms with Crippen LogP contribution in [0.2, 0.25) is 0 Å². The smallest absolute Gasteiger partial charge is 0.216 e. The fraction of sp³-hybridized carbons (Fsp3) is 0.786. The third kappa shape index (κ3) is 2.92. The summed E-state index contributed by atoms with van der Waals surface area (Å²) in [6, 6.07) is 0. The summed E-state index contributed by atoms with van der Waals surface area (Å²) in [5.41, 5.74) is 2.59. The second-order valence-electron chi connectivity index (χ2n) is 5.78. The number of aromatic nitrogens is 2. The van der Waals surface area contributed by atoms with Gasteiger partial charge < -0.3 is 10.1 Å². The molecule has 5 nitrogen and oxygen atoms in total. The molecule has 1 aliphatic heterocycles. The Morgan fingerprint density at radius 1 is 1.37 bits per heavy atom. The Morgan fingerprint density at radius 3 is 2.53 bits per heavy atom. The number of piperidine rings is 1. The molecule has 0 bridgehead atoms. The molecule has 0 aromatic carbocycles. The maximum atomic E-state index is 5.46. The Hall–Kier alpha value is -1.07. The van der Waals surface area contributed by atoms with Crippen molar-refractivity contribution in [1.82, 2.24) is 20.0 Å². The highest BCUT2D eigenvalue weighted by atomic mass is 16.5. The van der Waals surface area contributed by atoms with Gasteiger partial charge in [-0.1, -0.05) is 0 Å². The summed E-state index contributed by atoms with van der Waals surface area (Å²) in [6.07, 6.45) is 2.37. The quantitative estimate of drug-likeness (QED) is 0.892. The maximum absolute atomic E-state index is 5.46. The van der Waals surface area contributed by atoms with Crippen LogP contribution >= 0.6 is 0 Å². The molecule has 1 N–H and O–H groups in total. The average molecular weight is 266 g/mol. The van der Waals surface area contributed by atoms with Gasteiger partial charge in [-0.3, -0.25) is 4.90 Å². The monoisotopic (exact) mass is 266 g/mol. The standard InChI is InChI=1S/C14H26N4O/c1-11-12(13(19-5)17(4)16-11)10-18-8-6-14(2,15-3)7-9-18/h15H,6-10H2,1-5H3. The van der Waals surface area contributed by atoms with Crippen LogP contribution < -0.4 is 10.1 Å². The molecule has 5 heteroatoms. The Balaban J connectivity index is 2.03. The number of aryl methyl sites for hydroxylation is 2. The molecule has 0 unspecified atom stereocenters. The van der Waals surface area contributed by atoms with E-state index in [0.717, 1.165) is 31.2 Å². The van der Waals surface area contributed by atoms with Crippen LogP contribution in [0.3, 0.4) is 0 Å². The number of likely N-dealkylation sites (tertiary alicyclic amines) is 1. The van der Waals surface area contributed by atoms with Gasteiger partial charge in [0.05, 0.1) is 18.4 Å². The highest BCUT2D eigenvalue weighted by Gasteiger charge is 2.29. The van der Waals surface area contributed by atoms with Crippen LogP contribution in [0.4, 0.5) is 0 Å². The van der Waals surface area contributed by atoms with E-state index in [-0.39, 0.29) is 0 Å². The first-order valence-electron chi connectivity index (χ1n) is 6.97. The molecule has 19 heavy (non-hydrogen) atoms. The van der Waals surface area contributed by atoms with Crippen molar-refractivity contribution in [2.24, 2.45) is 7.05 Å².